The van der Waals surface area contributed by atoms with Crippen LogP contribution in [0.15, 0.2) is 41.2 Å². The van der Waals surface area contributed by atoms with Crippen molar-refractivity contribution in [2.75, 3.05) is 7.11 Å². The number of rotatable bonds is 5. The summed E-state index contributed by atoms with van der Waals surface area (Å²) in [5.41, 5.74) is 1.22. The molecular weight excluding hydrogens is 342 g/mol. The van der Waals surface area contributed by atoms with Crippen LogP contribution in [0.2, 0.25) is 0 Å². The maximum absolute atomic E-state index is 12.7. The van der Waals surface area contributed by atoms with E-state index < -0.39 is 6.04 Å². The Morgan fingerprint density at radius 2 is 1.89 bits per heavy atom. The highest BCUT2D eigenvalue weighted by atomic mass is 16.5. The highest BCUT2D eigenvalue weighted by Gasteiger charge is 2.26. The Balaban J connectivity index is 1.80. The van der Waals surface area contributed by atoms with E-state index in [0.29, 0.717) is 11.6 Å². The highest BCUT2D eigenvalue weighted by Crippen LogP contribution is 2.24. The minimum absolute atomic E-state index is 0.157. The molecule has 1 aromatic heterocycles. The molecule has 1 N–H and O–H groups in total. The van der Waals surface area contributed by atoms with Crippen LogP contribution in [-0.4, -0.2) is 28.8 Å². The summed E-state index contributed by atoms with van der Waals surface area (Å²) in [6, 6.07) is 10.1. The van der Waals surface area contributed by atoms with Crippen LogP contribution in [0.25, 0.3) is 11.3 Å². The lowest BCUT2D eigenvalue weighted by Gasteiger charge is -2.30. The van der Waals surface area contributed by atoms with Gasteiger partial charge in [-0.3, -0.25) is 9.59 Å². The fourth-order valence-electron chi connectivity index (χ4n) is 3.56. The Hall–Kier alpha value is -2.63. The number of ether oxygens (including phenoxy) is 1. The van der Waals surface area contributed by atoms with E-state index in [1.54, 1.807) is 20.1 Å². The van der Waals surface area contributed by atoms with Crippen molar-refractivity contribution in [3.63, 3.8) is 0 Å². The molecule has 6 heteroatoms. The summed E-state index contributed by atoms with van der Waals surface area (Å²) in [6.07, 6.45) is 4.47. The molecule has 6 nitrogen and oxygen atoms in total. The molecule has 1 saturated carbocycles. The molecule has 3 atom stereocenters. The molecule has 1 heterocycles. The van der Waals surface area contributed by atoms with E-state index in [1.807, 2.05) is 24.3 Å². The Labute approximate surface area is 159 Å². The van der Waals surface area contributed by atoms with Crippen LogP contribution in [-0.2, 0) is 4.79 Å². The number of methoxy groups -OCH3 is 1. The first kappa shape index (κ1) is 19.1. The summed E-state index contributed by atoms with van der Waals surface area (Å²) in [6.45, 7) is 3.89. The summed E-state index contributed by atoms with van der Waals surface area (Å²) >= 11 is 0. The Kier molecular flexibility index (Phi) is 5.94. The molecule has 1 aliphatic carbocycles. The van der Waals surface area contributed by atoms with Crippen LogP contribution in [0, 0.1) is 5.92 Å². The van der Waals surface area contributed by atoms with E-state index in [4.69, 9.17) is 4.74 Å². The van der Waals surface area contributed by atoms with Crippen molar-refractivity contribution in [3.05, 3.63) is 46.8 Å². The molecule has 1 amide bonds. The minimum atomic E-state index is -0.662. The summed E-state index contributed by atoms with van der Waals surface area (Å²) in [7, 11) is 1.61. The van der Waals surface area contributed by atoms with Gasteiger partial charge in [0.1, 0.15) is 11.8 Å². The van der Waals surface area contributed by atoms with Gasteiger partial charge in [0.15, 0.2) is 0 Å². The second kappa shape index (κ2) is 8.37. The van der Waals surface area contributed by atoms with Gasteiger partial charge in [0.05, 0.1) is 12.8 Å². The summed E-state index contributed by atoms with van der Waals surface area (Å²) < 4.78 is 6.44. The molecule has 0 radical (unpaired) electrons. The van der Waals surface area contributed by atoms with Gasteiger partial charge in [-0.1, -0.05) is 19.8 Å². The van der Waals surface area contributed by atoms with Gasteiger partial charge in [0, 0.05) is 17.7 Å². The molecular formula is C21H27N3O3. The molecule has 3 unspecified atom stereocenters. The predicted molar refractivity (Wildman–Crippen MR) is 105 cm³/mol. The van der Waals surface area contributed by atoms with Crippen LogP contribution in [0.1, 0.15) is 45.6 Å². The molecule has 144 valence electrons. The number of aromatic nitrogens is 2. The minimum Gasteiger partial charge on any atom is -0.497 e. The van der Waals surface area contributed by atoms with Gasteiger partial charge < -0.3 is 10.1 Å². The number of hydrogen-bond donors (Lipinski definition) is 1. The third-order valence-corrected chi connectivity index (χ3v) is 5.40. The number of hydrogen-bond acceptors (Lipinski definition) is 4. The standard InChI is InChI=1S/C21H27N3O3/c1-14-6-4-5-7-18(14)22-21(26)15(2)24-20(25)13-12-19(23-24)16-8-10-17(27-3)11-9-16/h8-15,18H,4-7H2,1-3H3,(H,22,26). The molecule has 0 spiro atoms. The average Bonchev–Trinajstić information content (AvgIpc) is 2.69. The SMILES string of the molecule is COc1ccc(-c2ccc(=O)n(C(C)C(=O)NC3CCCCC3C)n2)cc1. The molecule has 2 aromatic rings. The maximum atomic E-state index is 12.7. The molecule has 3 rings (SSSR count). The van der Waals surface area contributed by atoms with E-state index >= 15 is 0 Å². The average molecular weight is 369 g/mol. The van der Waals surface area contributed by atoms with Gasteiger partial charge in [-0.25, -0.2) is 4.68 Å². The van der Waals surface area contributed by atoms with Gasteiger partial charge in [0.25, 0.3) is 5.56 Å². The second-order valence-corrected chi connectivity index (χ2v) is 7.28. The van der Waals surface area contributed by atoms with Crippen molar-refractivity contribution < 1.29 is 9.53 Å². The topological polar surface area (TPSA) is 73.2 Å². The highest BCUT2D eigenvalue weighted by molar-refractivity contribution is 5.80. The Morgan fingerprint density at radius 1 is 1.19 bits per heavy atom. The Morgan fingerprint density at radius 3 is 2.56 bits per heavy atom. The van der Waals surface area contributed by atoms with Gasteiger partial charge in [-0.15, -0.1) is 0 Å². The van der Waals surface area contributed by atoms with Crippen molar-refractivity contribution in [1.82, 2.24) is 15.1 Å². The maximum Gasteiger partial charge on any atom is 0.267 e. The smallest absolute Gasteiger partial charge is 0.267 e. The molecule has 0 bridgehead atoms. The quantitative estimate of drug-likeness (QED) is 0.878. The normalized spacial score (nSPS) is 20.7. The van der Waals surface area contributed by atoms with Crippen molar-refractivity contribution in [1.29, 1.82) is 0 Å². The number of amides is 1. The van der Waals surface area contributed by atoms with E-state index in [9.17, 15) is 9.59 Å². The van der Waals surface area contributed by atoms with Gasteiger partial charge in [0.2, 0.25) is 5.91 Å². The van der Waals surface area contributed by atoms with Gasteiger partial charge in [-0.2, -0.15) is 5.10 Å². The first-order valence-electron chi connectivity index (χ1n) is 9.54. The van der Waals surface area contributed by atoms with Crippen LogP contribution < -0.4 is 15.6 Å². The van der Waals surface area contributed by atoms with Crippen molar-refractivity contribution in [2.45, 2.75) is 51.6 Å². The molecule has 0 saturated heterocycles. The zero-order valence-electron chi connectivity index (χ0n) is 16.1. The molecule has 27 heavy (non-hydrogen) atoms. The summed E-state index contributed by atoms with van der Waals surface area (Å²) in [4.78, 5) is 25.0. The van der Waals surface area contributed by atoms with Crippen molar-refractivity contribution in [2.24, 2.45) is 5.92 Å². The number of benzene rings is 1. The van der Waals surface area contributed by atoms with Crippen LogP contribution >= 0.6 is 0 Å². The van der Waals surface area contributed by atoms with E-state index in [-0.39, 0.29) is 17.5 Å². The van der Waals surface area contributed by atoms with Crippen LogP contribution in [0.3, 0.4) is 0 Å². The second-order valence-electron chi connectivity index (χ2n) is 7.28. The lowest BCUT2D eigenvalue weighted by Crippen LogP contribution is -2.45. The van der Waals surface area contributed by atoms with Crippen molar-refractivity contribution >= 4 is 5.91 Å². The van der Waals surface area contributed by atoms with Gasteiger partial charge >= 0.3 is 0 Å². The lowest BCUT2D eigenvalue weighted by atomic mass is 9.86. The molecule has 0 aliphatic heterocycles. The predicted octanol–water partition coefficient (Wildman–Crippen LogP) is 3.17. The third-order valence-electron chi connectivity index (χ3n) is 5.40. The largest absolute Gasteiger partial charge is 0.497 e. The number of nitrogens with one attached hydrogen (secondary N) is 1. The molecule has 1 fully saturated rings. The van der Waals surface area contributed by atoms with Crippen molar-refractivity contribution in [3.8, 4) is 17.0 Å². The Bertz CT molecular complexity index is 844. The zero-order chi connectivity index (χ0) is 19.4. The fourth-order valence-corrected chi connectivity index (χ4v) is 3.56. The van der Waals surface area contributed by atoms with E-state index in [2.05, 4.69) is 17.3 Å². The third kappa shape index (κ3) is 4.38. The van der Waals surface area contributed by atoms with E-state index in [0.717, 1.165) is 30.6 Å². The number of carbonyl (C=O) groups excluding carboxylic acids is 1. The monoisotopic (exact) mass is 369 g/mol. The molecule has 1 aliphatic rings. The lowest BCUT2D eigenvalue weighted by molar-refractivity contribution is -0.125. The first-order valence-corrected chi connectivity index (χ1v) is 9.54. The van der Waals surface area contributed by atoms with Crippen LogP contribution in [0.5, 0.6) is 5.75 Å². The van der Waals surface area contributed by atoms with Crippen LogP contribution in [0.4, 0.5) is 0 Å². The van der Waals surface area contributed by atoms with E-state index in [1.165, 1.54) is 17.2 Å². The summed E-state index contributed by atoms with van der Waals surface area (Å²) in [5, 5.41) is 7.55. The fraction of sp³-hybridized carbons (Fsp3) is 0.476. The number of carbonyl (C=O) groups is 1. The molecule has 1 aromatic carbocycles. The zero-order valence-corrected chi connectivity index (χ0v) is 16.1. The summed E-state index contributed by atoms with van der Waals surface area (Å²) in [5.74, 6) is 1.06. The number of nitrogens with zero attached hydrogens (tertiary/aromatic N) is 2. The van der Waals surface area contributed by atoms with Gasteiger partial charge in [-0.05, 0) is 56.0 Å². The first-order chi connectivity index (χ1) is 13.0.